The molecule has 2 atom stereocenters. The molecule has 0 aromatic carbocycles. The maximum atomic E-state index is 5.71. The third-order valence-electron chi connectivity index (χ3n) is 2.72. The second kappa shape index (κ2) is 4.99. The van der Waals surface area contributed by atoms with Gasteiger partial charge in [-0.05, 0) is 32.1 Å². The van der Waals surface area contributed by atoms with Crippen molar-refractivity contribution < 1.29 is 4.42 Å². The Morgan fingerprint density at radius 1 is 1.60 bits per heavy atom. The summed E-state index contributed by atoms with van der Waals surface area (Å²) in [6, 6.07) is 0.192. The van der Waals surface area contributed by atoms with Gasteiger partial charge in [-0.15, -0.1) is 22.0 Å². The van der Waals surface area contributed by atoms with Crippen LogP contribution in [0.4, 0.5) is 0 Å². The van der Waals surface area contributed by atoms with Gasteiger partial charge < -0.3 is 9.73 Å². The van der Waals surface area contributed by atoms with Gasteiger partial charge in [0.05, 0.1) is 11.3 Å². The summed E-state index contributed by atoms with van der Waals surface area (Å²) in [5, 5.41) is 11.8. The highest BCUT2D eigenvalue weighted by Gasteiger charge is 2.24. The SMILES string of the molecule is CCC(NC)c1nnc(C2CCCS2)o1. The highest BCUT2D eigenvalue weighted by Crippen LogP contribution is 2.39. The van der Waals surface area contributed by atoms with E-state index < -0.39 is 0 Å². The largest absolute Gasteiger partial charge is 0.422 e. The summed E-state index contributed by atoms with van der Waals surface area (Å²) < 4.78 is 5.71. The van der Waals surface area contributed by atoms with E-state index in [1.165, 1.54) is 18.6 Å². The molecule has 1 aliphatic rings. The molecule has 0 amide bonds. The molecule has 1 aromatic rings. The van der Waals surface area contributed by atoms with E-state index in [2.05, 4.69) is 22.4 Å². The zero-order valence-electron chi connectivity index (χ0n) is 9.19. The molecule has 1 N–H and O–H groups in total. The summed E-state index contributed by atoms with van der Waals surface area (Å²) in [6.45, 7) is 2.11. The monoisotopic (exact) mass is 227 g/mol. The van der Waals surface area contributed by atoms with Crippen molar-refractivity contribution in [3.63, 3.8) is 0 Å². The molecule has 0 saturated carbocycles. The van der Waals surface area contributed by atoms with Crippen molar-refractivity contribution in [2.45, 2.75) is 37.5 Å². The van der Waals surface area contributed by atoms with Crippen LogP contribution in [0.5, 0.6) is 0 Å². The Kier molecular flexibility index (Phi) is 3.64. The number of nitrogens with zero attached hydrogens (tertiary/aromatic N) is 2. The number of hydrogen-bond donors (Lipinski definition) is 1. The van der Waals surface area contributed by atoms with E-state index in [0.717, 1.165) is 18.2 Å². The van der Waals surface area contributed by atoms with E-state index in [0.29, 0.717) is 5.25 Å². The van der Waals surface area contributed by atoms with Crippen molar-refractivity contribution in [1.82, 2.24) is 15.5 Å². The van der Waals surface area contributed by atoms with Gasteiger partial charge in [-0.2, -0.15) is 0 Å². The topological polar surface area (TPSA) is 51.0 Å². The van der Waals surface area contributed by atoms with E-state index in [4.69, 9.17) is 4.42 Å². The van der Waals surface area contributed by atoms with Gasteiger partial charge >= 0.3 is 0 Å². The zero-order valence-corrected chi connectivity index (χ0v) is 10.0. The van der Waals surface area contributed by atoms with Crippen LogP contribution >= 0.6 is 11.8 Å². The zero-order chi connectivity index (χ0) is 10.7. The van der Waals surface area contributed by atoms with Crippen LogP contribution in [-0.4, -0.2) is 23.0 Å². The van der Waals surface area contributed by atoms with Gasteiger partial charge in [-0.1, -0.05) is 6.92 Å². The van der Waals surface area contributed by atoms with Crippen molar-refractivity contribution in [3.8, 4) is 0 Å². The molecule has 4 nitrogen and oxygen atoms in total. The van der Waals surface area contributed by atoms with Crippen LogP contribution in [-0.2, 0) is 0 Å². The van der Waals surface area contributed by atoms with E-state index in [-0.39, 0.29) is 6.04 Å². The Labute approximate surface area is 94.2 Å². The minimum Gasteiger partial charge on any atom is -0.422 e. The van der Waals surface area contributed by atoms with E-state index in [9.17, 15) is 0 Å². The van der Waals surface area contributed by atoms with Gasteiger partial charge in [0.15, 0.2) is 0 Å². The van der Waals surface area contributed by atoms with Gasteiger partial charge in [0.2, 0.25) is 11.8 Å². The molecule has 0 spiro atoms. The third-order valence-corrected chi connectivity index (χ3v) is 4.08. The molecule has 1 saturated heterocycles. The molecular weight excluding hydrogens is 210 g/mol. The summed E-state index contributed by atoms with van der Waals surface area (Å²) in [5.41, 5.74) is 0. The van der Waals surface area contributed by atoms with E-state index in [1.54, 1.807) is 0 Å². The second-order valence-electron chi connectivity index (χ2n) is 3.73. The summed E-state index contributed by atoms with van der Waals surface area (Å²) >= 11 is 1.92. The lowest BCUT2D eigenvalue weighted by atomic mass is 10.2. The first-order chi connectivity index (χ1) is 7.35. The number of hydrogen-bond acceptors (Lipinski definition) is 5. The summed E-state index contributed by atoms with van der Waals surface area (Å²) in [5.74, 6) is 2.75. The number of nitrogens with one attached hydrogen (secondary N) is 1. The van der Waals surface area contributed by atoms with Crippen LogP contribution in [0.2, 0.25) is 0 Å². The lowest BCUT2D eigenvalue weighted by molar-refractivity contribution is 0.383. The van der Waals surface area contributed by atoms with E-state index >= 15 is 0 Å². The molecule has 5 heteroatoms. The molecule has 2 rings (SSSR count). The van der Waals surface area contributed by atoms with E-state index in [1.807, 2.05) is 18.8 Å². The molecule has 15 heavy (non-hydrogen) atoms. The first kappa shape index (κ1) is 11.0. The Morgan fingerprint density at radius 2 is 2.47 bits per heavy atom. The Bertz CT molecular complexity index is 289. The normalized spacial score (nSPS) is 23.2. The smallest absolute Gasteiger partial charge is 0.233 e. The molecule has 0 bridgehead atoms. The third kappa shape index (κ3) is 2.34. The van der Waals surface area contributed by atoms with Gasteiger partial charge in [-0.25, -0.2) is 0 Å². The highest BCUT2D eigenvalue weighted by atomic mass is 32.2. The molecular formula is C10H17N3OS. The van der Waals surface area contributed by atoms with Gasteiger partial charge in [0.1, 0.15) is 0 Å². The average molecular weight is 227 g/mol. The molecule has 1 aliphatic heterocycles. The first-order valence-electron chi connectivity index (χ1n) is 5.47. The van der Waals surface area contributed by atoms with Crippen LogP contribution in [0.1, 0.15) is 49.3 Å². The Morgan fingerprint density at radius 3 is 3.07 bits per heavy atom. The lowest BCUT2D eigenvalue weighted by Crippen LogP contribution is -2.15. The predicted octanol–water partition coefficient (Wildman–Crippen LogP) is 2.31. The van der Waals surface area contributed by atoms with Crippen molar-refractivity contribution in [1.29, 1.82) is 0 Å². The maximum Gasteiger partial charge on any atom is 0.233 e. The molecule has 84 valence electrons. The summed E-state index contributed by atoms with van der Waals surface area (Å²) in [4.78, 5) is 0. The van der Waals surface area contributed by atoms with Gasteiger partial charge in [-0.3, -0.25) is 0 Å². The summed E-state index contributed by atoms with van der Waals surface area (Å²) in [7, 11) is 1.92. The quantitative estimate of drug-likeness (QED) is 0.855. The minimum absolute atomic E-state index is 0.192. The van der Waals surface area contributed by atoms with Crippen molar-refractivity contribution in [2.75, 3.05) is 12.8 Å². The first-order valence-corrected chi connectivity index (χ1v) is 6.52. The van der Waals surface area contributed by atoms with Crippen LogP contribution in [0.3, 0.4) is 0 Å². The fourth-order valence-electron chi connectivity index (χ4n) is 1.79. The molecule has 0 radical (unpaired) electrons. The standard InChI is InChI=1S/C10H17N3OS/c1-3-7(11-2)9-12-13-10(14-9)8-5-4-6-15-8/h7-8,11H,3-6H2,1-2H3. The van der Waals surface area contributed by atoms with Crippen LogP contribution in [0, 0.1) is 0 Å². The van der Waals surface area contributed by atoms with Crippen LogP contribution in [0.25, 0.3) is 0 Å². The molecule has 2 heterocycles. The minimum atomic E-state index is 0.192. The molecule has 0 aliphatic carbocycles. The average Bonchev–Trinajstić information content (AvgIpc) is 2.89. The lowest BCUT2D eigenvalue weighted by Gasteiger charge is -2.07. The number of rotatable bonds is 4. The number of aromatic nitrogens is 2. The molecule has 2 unspecified atom stereocenters. The van der Waals surface area contributed by atoms with Gasteiger partial charge in [0.25, 0.3) is 0 Å². The predicted molar refractivity (Wildman–Crippen MR) is 60.8 cm³/mol. The number of thioether (sulfide) groups is 1. The van der Waals surface area contributed by atoms with Crippen LogP contribution < -0.4 is 5.32 Å². The molecule has 1 aromatic heterocycles. The van der Waals surface area contributed by atoms with Crippen LogP contribution in [0.15, 0.2) is 4.42 Å². The fourth-order valence-corrected chi connectivity index (χ4v) is 2.98. The fraction of sp³-hybridized carbons (Fsp3) is 0.800. The van der Waals surface area contributed by atoms with Crippen molar-refractivity contribution >= 4 is 11.8 Å². The summed E-state index contributed by atoms with van der Waals surface area (Å²) in [6.07, 6.45) is 3.40. The second-order valence-corrected chi connectivity index (χ2v) is 5.04. The van der Waals surface area contributed by atoms with Crippen molar-refractivity contribution in [2.24, 2.45) is 0 Å². The Balaban J connectivity index is 2.08. The molecule has 1 fully saturated rings. The maximum absolute atomic E-state index is 5.71. The Hall–Kier alpha value is -0.550. The van der Waals surface area contributed by atoms with Crippen molar-refractivity contribution in [3.05, 3.63) is 11.8 Å². The highest BCUT2D eigenvalue weighted by molar-refractivity contribution is 7.99. The van der Waals surface area contributed by atoms with Gasteiger partial charge in [0, 0.05) is 0 Å².